The monoisotopic (exact) mass is 358 g/mol. The van der Waals surface area contributed by atoms with E-state index in [4.69, 9.17) is 22.1 Å². The number of rotatable bonds is 5. The number of nitrogens with zero attached hydrogens (tertiary/aromatic N) is 1. The van der Waals surface area contributed by atoms with Crippen molar-refractivity contribution in [2.45, 2.75) is 25.3 Å². The van der Waals surface area contributed by atoms with Crippen LogP contribution in [0, 0.1) is 17.8 Å². The molecule has 0 aliphatic heterocycles. The molecule has 0 saturated heterocycles. The molecule has 23 heavy (non-hydrogen) atoms. The normalized spacial score (nSPS) is 28.3. The van der Waals surface area contributed by atoms with Gasteiger partial charge < -0.3 is 15.4 Å². The second-order valence-corrected chi connectivity index (χ2v) is 6.94. The van der Waals surface area contributed by atoms with Crippen LogP contribution in [0.3, 0.4) is 0 Å². The number of amides is 1. The number of carbonyl (C=O) groups excluding carboxylic acids is 1. The van der Waals surface area contributed by atoms with Gasteiger partial charge in [-0.15, -0.1) is 12.4 Å². The van der Waals surface area contributed by atoms with Crippen LogP contribution in [0.2, 0.25) is 5.02 Å². The minimum atomic E-state index is 0. The van der Waals surface area contributed by atoms with Gasteiger partial charge in [-0.3, -0.25) is 4.79 Å². The van der Waals surface area contributed by atoms with Gasteiger partial charge in [0, 0.05) is 18.1 Å². The van der Waals surface area contributed by atoms with E-state index in [0.717, 1.165) is 18.6 Å². The molecule has 2 saturated carbocycles. The number of hydrogen-bond donors (Lipinski definition) is 1. The Balaban J connectivity index is 0.00000192. The van der Waals surface area contributed by atoms with Crippen LogP contribution in [0.1, 0.15) is 19.3 Å². The third-order valence-corrected chi connectivity index (χ3v) is 5.37. The summed E-state index contributed by atoms with van der Waals surface area (Å²) in [6, 6.07) is 7.33. The van der Waals surface area contributed by atoms with E-state index in [2.05, 4.69) is 0 Å². The summed E-state index contributed by atoms with van der Waals surface area (Å²) < 4.78 is 5.65. The van der Waals surface area contributed by atoms with Crippen LogP contribution in [0.25, 0.3) is 0 Å². The Morgan fingerprint density at radius 3 is 2.78 bits per heavy atom. The molecule has 128 valence electrons. The van der Waals surface area contributed by atoms with Crippen LogP contribution in [-0.2, 0) is 4.79 Å². The molecule has 6 heteroatoms. The Bertz CT molecular complexity index is 553. The smallest absolute Gasteiger partial charge is 0.227 e. The van der Waals surface area contributed by atoms with Crippen molar-refractivity contribution in [1.29, 1.82) is 0 Å². The Morgan fingerprint density at radius 2 is 2.13 bits per heavy atom. The van der Waals surface area contributed by atoms with Gasteiger partial charge in [-0.05, 0) is 49.3 Å². The molecule has 1 aromatic carbocycles. The van der Waals surface area contributed by atoms with Crippen molar-refractivity contribution in [3.8, 4) is 5.75 Å². The van der Waals surface area contributed by atoms with Crippen LogP contribution in [0.4, 0.5) is 0 Å². The molecule has 0 aromatic heterocycles. The largest absolute Gasteiger partial charge is 0.492 e. The molecule has 2 fully saturated rings. The van der Waals surface area contributed by atoms with E-state index in [1.165, 1.54) is 6.42 Å². The standard InChI is InChI=1S/C17H23ClN2O2.ClH/c1-20(7-8-22-14-4-2-3-13(18)10-14)17(21)15-11-5-6-12(9-11)16(15)19;/h2-4,10-12,15-16H,5-9,19H2,1H3;1H. The predicted molar refractivity (Wildman–Crippen MR) is 94.1 cm³/mol. The van der Waals surface area contributed by atoms with Gasteiger partial charge in [-0.25, -0.2) is 0 Å². The summed E-state index contributed by atoms with van der Waals surface area (Å²) in [7, 11) is 1.84. The number of likely N-dealkylation sites (N-methyl/N-ethyl adjacent to an activating group) is 1. The lowest BCUT2D eigenvalue weighted by Gasteiger charge is -2.30. The number of nitrogens with two attached hydrogens (primary N) is 1. The van der Waals surface area contributed by atoms with E-state index in [1.807, 2.05) is 19.2 Å². The van der Waals surface area contributed by atoms with Gasteiger partial charge in [0.25, 0.3) is 0 Å². The van der Waals surface area contributed by atoms with Gasteiger partial charge in [0.15, 0.2) is 0 Å². The van der Waals surface area contributed by atoms with E-state index in [1.54, 1.807) is 17.0 Å². The number of halogens is 2. The van der Waals surface area contributed by atoms with Gasteiger partial charge in [0.1, 0.15) is 12.4 Å². The Morgan fingerprint density at radius 1 is 1.39 bits per heavy atom. The Kier molecular flexibility index (Phi) is 6.18. The van der Waals surface area contributed by atoms with Gasteiger partial charge in [0.2, 0.25) is 5.91 Å². The number of ether oxygens (including phenoxy) is 1. The SMILES string of the molecule is CN(CCOc1cccc(Cl)c1)C(=O)C1C2CCC(C2)C1N.Cl. The minimum absolute atomic E-state index is 0. The lowest BCUT2D eigenvalue weighted by molar-refractivity contribution is -0.136. The number of carbonyl (C=O) groups is 1. The summed E-state index contributed by atoms with van der Waals surface area (Å²) >= 11 is 5.92. The fraction of sp³-hybridized carbons (Fsp3) is 0.588. The highest BCUT2D eigenvalue weighted by Crippen LogP contribution is 2.48. The average molecular weight is 359 g/mol. The Hall–Kier alpha value is -0.970. The summed E-state index contributed by atoms with van der Waals surface area (Å²) in [5.74, 6) is 1.95. The molecule has 4 atom stereocenters. The van der Waals surface area contributed by atoms with Crippen molar-refractivity contribution in [3.63, 3.8) is 0 Å². The molecular formula is C17H24Cl2N2O2. The average Bonchev–Trinajstić information content (AvgIpc) is 3.07. The summed E-state index contributed by atoms with van der Waals surface area (Å²) in [4.78, 5) is 14.4. The quantitative estimate of drug-likeness (QED) is 0.879. The first-order valence-electron chi connectivity index (χ1n) is 7.95. The summed E-state index contributed by atoms with van der Waals surface area (Å²) in [5, 5.41) is 0.648. The predicted octanol–water partition coefficient (Wildman–Crippen LogP) is 2.97. The van der Waals surface area contributed by atoms with E-state index >= 15 is 0 Å². The molecule has 0 spiro atoms. The summed E-state index contributed by atoms with van der Waals surface area (Å²) in [5.41, 5.74) is 6.25. The van der Waals surface area contributed by atoms with Crippen molar-refractivity contribution in [3.05, 3.63) is 29.3 Å². The zero-order chi connectivity index (χ0) is 15.7. The van der Waals surface area contributed by atoms with Crippen molar-refractivity contribution < 1.29 is 9.53 Å². The maximum absolute atomic E-state index is 12.6. The minimum Gasteiger partial charge on any atom is -0.492 e. The number of fused-ring (bicyclic) bond motifs is 2. The van der Waals surface area contributed by atoms with Gasteiger partial charge in [-0.2, -0.15) is 0 Å². The second-order valence-electron chi connectivity index (χ2n) is 6.50. The van der Waals surface area contributed by atoms with Crippen LogP contribution in [-0.4, -0.2) is 37.0 Å². The summed E-state index contributed by atoms with van der Waals surface area (Å²) in [6.07, 6.45) is 3.48. The lowest BCUT2D eigenvalue weighted by atomic mass is 9.84. The number of benzene rings is 1. The van der Waals surface area contributed by atoms with E-state index < -0.39 is 0 Å². The van der Waals surface area contributed by atoms with Crippen LogP contribution in [0.5, 0.6) is 5.75 Å². The Labute approximate surface area is 148 Å². The lowest BCUT2D eigenvalue weighted by Crippen LogP contribution is -2.46. The first kappa shape index (κ1) is 18.4. The van der Waals surface area contributed by atoms with Gasteiger partial charge in [0.05, 0.1) is 12.5 Å². The highest BCUT2D eigenvalue weighted by Gasteiger charge is 2.49. The molecule has 0 radical (unpaired) electrons. The van der Waals surface area contributed by atoms with Crippen LogP contribution >= 0.6 is 24.0 Å². The molecule has 2 bridgehead atoms. The van der Waals surface area contributed by atoms with Crippen molar-refractivity contribution >= 4 is 29.9 Å². The highest BCUT2D eigenvalue weighted by molar-refractivity contribution is 6.30. The maximum Gasteiger partial charge on any atom is 0.227 e. The third kappa shape index (κ3) is 3.93. The molecule has 2 aliphatic carbocycles. The van der Waals surface area contributed by atoms with E-state index in [0.29, 0.717) is 30.0 Å². The van der Waals surface area contributed by atoms with Crippen LogP contribution in [0.15, 0.2) is 24.3 Å². The fourth-order valence-corrected chi connectivity index (χ4v) is 4.10. The molecule has 1 aromatic rings. The zero-order valence-electron chi connectivity index (χ0n) is 13.3. The zero-order valence-corrected chi connectivity index (χ0v) is 14.9. The third-order valence-electron chi connectivity index (χ3n) is 5.13. The molecule has 3 rings (SSSR count). The highest BCUT2D eigenvalue weighted by atomic mass is 35.5. The van der Waals surface area contributed by atoms with E-state index in [-0.39, 0.29) is 30.3 Å². The van der Waals surface area contributed by atoms with Crippen molar-refractivity contribution in [2.75, 3.05) is 20.2 Å². The molecule has 4 unspecified atom stereocenters. The first-order valence-corrected chi connectivity index (χ1v) is 8.33. The van der Waals surface area contributed by atoms with Gasteiger partial charge in [-0.1, -0.05) is 17.7 Å². The fourth-order valence-electron chi connectivity index (χ4n) is 3.92. The topological polar surface area (TPSA) is 55.6 Å². The molecule has 0 heterocycles. The summed E-state index contributed by atoms with van der Waals surface area (Å²) in [6.45, 7) is 1.02. The van der Waals surface area contributed by atoms with Gasteiger partial charge >= 0.3 is 0 Å². The molecule has 1 amide bonds. The molecular weight excluding hydrogens is 335 g/mol. The van der Waals surface area contributed by atoms with Crippen LogP contribution < -0.4 is 10.5 Å². The molecule has 4 nitrogen and oxygen atoms in total. The van der Waals surface area contributed by atoms with Crippen molar-refractivity contribution in [2.24, 2.45) is 23.5 Å². The number of hydrogen-bond acceptors (Lipinski definition) is 3. The second kappa shape index (κ2) is 7.73. The molecule has 2 aliphatic rings. The maximum atomic E-state index is 12.6. The molecule has 2 N–H and O–H groups in total. The first-order chi connectivity index (χ1) is 10.6. The van der Waals surface area contributed by atoms with E-state index in [9.17, 15) is 4.79 Å². The van der Waals surface area contributed by atoms with Crippen molar-refractivity contribution in [1.82, 2.24) is 4.90 Å².